The lowest BCUT2D eigenvalue weighted by Gasteiger charge is -2.35. The Morgan fingerprint density at radius 2 is 1.39 bits per heavy atom. The van der Waals surface area contributed by atoms with E-state index in [4.69, 9.17) is 9.47 Å². The average Bonchev–Trinajstić information content (AvgIpc) is 2.90. The van der Waals surface area contributed by atoms with Gasteiger partial charge in [-0.25, -0.2) is 9.59 Å². The van der Waals surface area contributed by atoms with Crippen LogP contribution in [0.2, 0.25) is 0 Å². The van der Waals surface area contributed by atoms with Gasteiger partial charge in [-0.1, -0.05) is 48.5 Å². The van der Waals surface area contributed by atoms with Crippen molar-refractivity contribution < 1.29 is 33.8 Å². The zero-order valence-electron chi connectivity index (χ0n) is 20.0. The van der Waals surface area contributed by atoms with E-state index in [9.17, 15) is 24.3 Å². The Hall–Kier alpha value is -4.08. The molecule has 10 nitrogen and oxygen atoms in total. The first-order valence-corrected chi connectivity index (χ1v) is 11.9. The van der Waals surface area contributed by atoms with Crippen LogP contribution in [0.15, 0.2) is 60.7 Å². The first-order chi connectivity index (χ1) is 17.4. The van der Waals surface area contributed by atoms with Gasteiger partial charge in [0.1, 0.15) is 18.4 Å². The van der Waals surface area contributed by atoms with Crippen molar-refractivity contribution in [3.63, 3.8) is 0 Å². The molecule has 0 aromatic heterocycles. The van der Waals surface area contributed by atoms with E-state index < -0.39 is 18.1 Å². The van der Waals surface area contributed by atoms with E-state index in [1.165, 1.54) is 0 Å². The molecule has 1 aliphatic heterocycles. The van der Waals surface area contributed by atoms with Crippen molar-refractivity contribution in [2.45, 2.75) is 31.9 Å². The van der Waals surface area contributed by atoms with Crippen LogP contribution in [0.25, 0.3) is 0 Å². The number of carboxylic acid groups (broad SMARTS) is 1. The summed E-state index contributed by atoms with van der Waals surface area (Å²) in [5.74, 6) is -0.797. The molecule has 2 aromatic rings. The van der Waals surface area contributed by atoms with Gasteiger partial charge in [0.25, 0.3) is 0 Å². The number of carbonyl (C=O) groups excluding carboxylic acids is 3. The Morgan fingerprint density at radius 3 is 1.97 bits per heavy atom. The van der Waals surface area contributed by atoms with Crippen molar-refractivity contribution in [3.05, 3.63) is 66.2 Å². The Labute approximate surface area is 209 Å². The normalized spacial score (nSPS) is 14.0. The highest BCUT2D eigenvalue weighted by atomic mass is 16.5. The van der Waals surface area contributed by atoms with Crippen molar-refractivity contribution in [3.8, 4) is 5.75 Å². The number of alkyl carbamates (subject to hydrolysis) is 1. The van der Waals surface area contributed by atoms with Gasteiger partial charge in [0.2, 0.25) is 11.8 Å². The molecule has 0 spiro atoms. The van der Waals surface area contributed by atoms with E-state index in [2.05, 4.69) is 5.32 Å². The van der Waals surface area contributed by atoms with Gasteiger partial charge < -0.3 is 29.7 Å². The summed E-state index contributed by atoms with van der Waals surface area (Å²) in [6.07, 6.45) is -0.726. The minimum atomic E-state index is -1.25. The SMILES string of the molecule is O=C(N[C@@H](CCC(=O)N1CCN(C(=O)CCOc2ccccc2)CC1)C(=O)O)OCc1ccccc1. The van der Waals surface area contributed by atoms with Crippen LogP contribution in [-0.4, -0.2) is 77.6 Å². The van der Waals surface area contributed by atoms with Gasteiger partial charge in [0.15, 0.2) is 0 Å². The van der Waals surface area contributed by atoms with E-state index in [0.29, 0.717) is 31.9 Å². The highest BCUT2D eigenvalue weighted by Crippen LogP contribution is 2.11. The number of aliphatic carboxylic acids is 1. The van der Waals surface area contributed by atoms with E-state index in [1.807, 2.05) is 36.4 Å². The summed E-state index contributed by atoms with van der Waals surface area (Å²) in [6, 6.07) is 17.0. The molecule has 0 radical (unpaired) electrons. The van der Waals surface area contributed by atoms with Crippen molar-refractivity contribution >= 4 is 23.9 Å². The van der Waals surface area contributed by atoms with E-state index in [0.717, 1.165) is 5.56 Å². The number of rotatable bonds is 11. The van der Waals surface area contributed by atoms with Crippen LogP contribution in [0.1, 0.15) is 24.8 Å². The topological polar surface area (TPSA) is 125 Å². The van der Waals surface area contributed by atoms with Crippen molar-refractivity contribution in [1.82, 2.24) is 15.1 Å². The van der Waals surface area contributed by atoms with Crippen LogP contribution in [-0.2, 0) is 25.7 Å². The fourth-order valence-electron chi connectivity index (χ4n) is 3.73. The smallest absolute Gasteiger partial charge is 0.408 e. The maximum absolute atomic E-state index is 12.6. The first kappa shape index (κ1) is 26.5. The number of benzene rings is 2. The second-order valence-electron chi connectivity index (χ2n) is 8.31. The molecule has 1 fully saturated rings. The zero-order chi connectivity index (χ0) is 25.8. The number of nitrogens with zero attached hydrogens (tertiary/aromatic N) is 2. The maximum Gasteiger partial charge on any atom is 0.408 e. The van der Waals surface area contributed by atoms with Crippen LogP contribution in [0, 0.1) is 0 Å². The van der Waals surface area contributed by atoms with Gasteiger partial charge in [-0.05, 0) is 24.1 Å². The predicted molar refractivity (Wildman–Crippen MR) is 130 cm³/mol. The lowest BCUT2D eigenvalue weighted by Crippen LogP contribution is -2.51. The summed E-state index contributed by atoms with van der Waals surface area (Å²) in [6.45, 7) is 1.84. The molecule has 10 heteroatoms. The molecular formula is C26H31N3O7. The molecule has 1 heterocycles. The predicted octanol–water partition coefficient (Wildman–Crippen LogP) is 2.29. The largest absolute Gasteiger partial charge is 0.493 e. The van der Waals surface area contributed by atoms with E-state index in [1.54, 1.807) is 34.1 Å². The highest BCUT2D eigenvalue weighted by Gasteiger charge is 2.26. The minimum absolute atomic E-state index is 0.0132. The number of ether oxygens (including phenoxy) is 2. The summed E-state index contributed by atoms with van der Waals surface area (Å²) in [4.78, 5) is 51.9. The van der Waals surface area contributed by atoms with Crippen molar-refractivity contribution in [2.24, 2.45) is 0 Å². The number of nitrogens with one attached hydrogen (secondary N) is 1. The standard InChI is InChI=1S/C26H31N3O7/c30-23(12-11-22(25(32)33)27-26(34)36-19-20-7-3-1-4-8-20)28-14-16-29(17-15-28)24(31)13-18-35-21-9-5-2-6-10-21/h1-10,22H,11-19H2,(H,27,34)(H,32,33)/t22-/m0/s1. The van der Waals surface area contributed by atoms with Gasteiger partial charge in [-0.15, -0.1) is 0 Å². The average molecular weight is 498 g/mol. The number of carbonyl (C=O) groups is 4. The number of hydrogen-bond donors (Lipinski definition) is 2. The second-order valence-corrected chi connectivity index (χ2v) is 8.31. The van der Waals surface area contributed by atoms with E-state index >= 15 is 0 Å². The van der Waals surface area contributed by atoms with E-state index in [-0.39, 0.29) is 44.3 Å². The van der Waals surface area contributed by atoms with Gasteiger partial charge in [0, 0.05) is 32.6 Å². The molecule has 0 saturated carbocycles. The molecule has 2 N–H and O–H groups in total. The number of amides is 3. The minimum Gasteiger partial charge on any atom is -0.493 e. The Balaban J connectivity index is 1.35. The van der Waals surface area contributed by atoms with Crippen molar-refractivity contribution in [1.29, 1.82) is 0 Å². The first-order valence-electron chi connectivity index (χ1n) is 11.9. The molecule has 2 aromatic carbocycles. The molecule has 3 amide bonds. The Kier molecular flexibility index (Phi) is 10.1. The molecule has 0 aliphatic carbocycles. The molecule has 0 bridgehead atoms. The van der Waals surface area contributed by atoms with Crippen molar-refractivity contribution in [2.75, 3.05) is 32.8 Å². The summed E-state index contributed by atoms with van der Waals surface area (Å²) in [7, 11) is 0. The fraction of sp³-hybridized carbons (Fsp3) is 0.385. The summed E-state index contributed by atoms with van der Waals surface area (Å²) < 4.78 is 10.6. The molecule has 1 aliphatic rings. The monoisotopic (exact) mass is 497 g/mol. The summed E-state index contributed by atoms with van der Waals surface area (Å²) in [5, 5.41) is 11.7. The molecule has 1 saturated heterocycles. The molecule has 36 heavy (non-hydrogen) atoms. The Bertz CT molecular complexity index is 1010. The molecule has 1 atom stereocenters. The van der Waals surface area contributed by atoms with Gasteiger partial charge in [0.05, 0.1) is 13.0 Å². The fourth-order valence-corrected chi connectivity index (χ4v) is 3.73. The number of piperazine rings is 1. The molecule has 0 unspecified atom stereocenters. The third kappa shape index (κ3) is 8.61. The number of hydrogen-bond acceptors (Lipinski definition) is 6. The van der Waals surface area contributed by atoms with Crippen LogP contribution in [0.4, 0.5) is 4.79 Å². The maximum atomic E-state index is 12.6. The van der Waals surface area contributed by atoms with Crippen LogP contribution < -0.4 is 10.1 Å². The lowest BCUT2D eigenvalue weighted by atomic mass is 10.1. The van der Waals surface area contributed by atoms with Crippen LogP contribution in [0.3, 0.4) is 0 Å². The second kappa shape index (κ2) is 13.7. The summed E-state index contributed by atoms with van der Waals surface area (Å²) in [5.41, 5.74) is 0.774. The number of para-hydroxylation sites is 1. The third-order valence-electron chi connectivity index (χ3n) is 5.76. The van der Waals surface area contributed by atoms with Crippen LogP contribution in [0.5, 0.6) is 5.75 Å². The third-order valence-corrected chi connectivity index (χ3v) is 5.76. The molecule has 3 rings (SSSR count). The number of carboxylic acids is 1. The van der Waals surface area contributed by atoms with Gasteiger partial charge in [-0.3, -0.25) is 9.59 Å². The van der Waals surface area contributed by atoms with Gasteiger partial charge >= 0.3 is 12.1 Å². The quantitative estimate of drug-likeness (QED) is 0.488. The lowest BCUT2D eigenvalue weighted by molar-refractivity contribution is -0.141. The van der Waals surface area contributed by atoms with Gasteiger partial charge in [-0.2, -0.15) is 0 Å². The molecular weight excluding hydrogens is 466 g/mol. The zero-order valence-corrected chi connectivity index (χ0v) is 20.0. The summed E-state index contributed by atoms with van der Waals surface area (Å²) >= 11 is 0. The highest BCUT2D eigenvalue weighted by molar-refractivity contribution is 5.82. The molecule has 192 valence electrons. The van der Waals surface area contributed by atoms with Crippen LogP contribution >= 0.6 is 0 Å². The Morgan fingerprint density at radius 1 is 0.833 bits per heavy atom.